The molecule has 0 atom stereocenters. The van der Waals surface area contributed by atoms with Crippen molar-refractivity contribution in [2.75, 3.05) is 13.2 Å². The Morgan fingerprint density at radius 2 is 1.85 bits per heavy atom. The summed E-state index contributed by atoms with van der Waals surface area (Å²) >= 11 is 0. The molecule has 4 heteroatoms. The summed E-state index contributed by atoms with van der Waals surface area (Å²) in [6.07, 6.45) is 0.855. The number of ether oxygens (including phenoxy) is 1. The van der Waals surface area contributed by atoms with E-state index in [4.69, 9.17) is 4.74 Å². The third kappa shape index (κ3) is 3.44. The number of rotatable bonds is 3. The van der Waals surface area contributed by atoms with Crippen molar-refractivity contribution < 1.29 is 9.53 Å². The molecule has 1 amide bonds. The second-order valence-corrected chi connectivity index (χ2v) is 8.23. The van der Waals surface area contributed by atoms with Crippen molar-refractivity contribution in [3.8, 4) is 5.75 Å². The Bertz CT molecular complexity index is 981. The minimum absolute atomic E-state index is 0.0241. The summed E-state index contributed by atoms with van der Waals surface area (Å²) in [6, 6.07) is 16.3. The van der Waals surface area contributed by atoms with Crippen LogP contribution in [-0.2, 0) is 23.2 Å². The van der Waals surface area contributed by atoms with Crippen LogP contribution in [0.25, 0.3) is 10.9 Å². The maximum atomic E-state index is 12.8. The Morgan fingerprint density at radius 3 is 2.67 bits per heavy atom. The van der Waals surface area contributed by atoms with Gasteiger partial charge in [-0.2, -0.15) is 0 Å². The van der Waals surface area contributed by atoms with Gasteiger partial charge in [-0.05, 0) is 23.1 Å². The summed E-state index contributed by atoms with van der Waals surface area (Å²) in [5.74, 6) is 0.831. The molecule has 0 bridgehead atoms. The van der Waals surface area contributed by atoms with Gasteiger partial charge in [0.15, 0.2) is 6.61 Å². The van der Waals surface area contributed by atoms with Crippen molar-refractivity contribution >= 4 is 16.8 Å². The molecular formula is C23H26N2O2. The van der Waals surface area contributed by atoms with Gasteiger partial charge < -0.3 is 14.6 Å². The summed E-state index contributed by atoms with van der Waals surface area (Å²) in [5, 5.41) is 1.21. The first-order valence-corrected chi connectivity index (χ1v) is 9.52. The Morgan fingerprint density at radius 1 is 1.11 bits per heavy atom. The van der Waals surface area contributed by atoms with E-state index in [0.29, 0.717) is 6.54 Å². The van der Waals surface area contributed by atoms with E-state index in [0.717, 1.165) is 29.8 Å². The molecule has 0 unspecified atom stereocenters. The van der Waals surface area contributed by atoms with Crippen molar-refractivity contribution in [3.05, 3.63) is 65.4 Å². The maximum absolute atomic E-state index is 12.8. The topological polar surface area (TPSA) is 45.3 Å². The molecule has 0 saturated carbocycles. The van der Waals surface area contributed by atoms with Crippen molar-refractivity contribution in [1.29, 1.82) is 0 Å². The van der Waals surface area contributed by atoms with Crippen LogP contribution in [0, 0.1) is 0 Å². The number of carbonyl (C=O) groups excluding carboxylic acids is 1. The lowest BCUT2D eigenvalue weighted by Crippen LogP contribution is -2.38. The van der Waals surface area contributed by atoms with Gasteiger partial charge in [0.25, 0.3) is 5.91 Å². The molecule has 0 radical (unpaired) electrons. The van der Waals surface area contributed by atoms with Gasteiger partial charge in [0.2, 0.25) is 0 Å². The van der Waals surface area contributed by atoms with Crippen LogP contribution in [0.5, 0.6) is 5.75 Å². The molecule has 0 fully saturated rings. The van der Waals surface area contributed by atoms with E-state index in [2.05, 4.69) is 44.0 Å². The average Bonchev–Trinajstić information content (AvgIpc) is 3.03. The number of carbonyl (C=O) groups is 1. The summed E-state index contributed by atoms with van der Waals surface area (Å²) in [5.41, 5.74) is 4.73. The van der Waals surface area contributed by atoms with Gasteiger partial charge in [-0.15, -0.1) is 0 Å². The molecule has 4 rings (SSSR count). The Labute approximate surface area is 160 Å². The van der Waals surface area contributed by atoms with E-state index >= 15 is 0 Å². The van der Waals surface area contributed by atoms with Crippen LogP contribution in [0.15, 0.2) is 48.5 Å². The van der Waals surface area contributed by atoms with Crippen LogP contribution in [0.1, 0.15) is 37.6 Å². The number of benzene rings is 2. The van der Waals surface area contributed by atoms with E-state index in [1.807, 2.05) is 35.2 Å². The molecule has 27 heavy (non-hydrogen) atoms. The molecule has 0 spiro atoms. The first kappa shape index (κ1) is 17.7. The quantitative estimate of drug-likeness (QED) is 0.749. The largest absolute Gasteiger partial charge is 0.483 e. The number of aromatic amines is 1. The van der Waals surface area contributed by atoms with E-state index in [1.54, 1.807) is 0 Å². The summed E-state index contributed by atoms with van der Waals surface area (Å²) in [6.45, 7) is 7.90. The van der Waals surface area contributed by atoms with Crippen molar-refractivity contribution in [2.24, 2.45) is 0 Å². The number of para-hydroxylation sites is 2. The van der Waals surface area contributed by atoms with Crippen LogP contribution >= 0.6 is 0 Å². The number of amides is 1. The molecule has 3 aromatic rings. The zero-order valence-corrected chi connectivity index (χ0v) is 16.2. The number of hydrogen-bond donors (Lipinski definition) is 1. The Kier molecular flexibility index (Phi) is 4.42. The molecular weight excluding hydrogens is 336 g/mol. The van der Waals surface area contributed by atoms with Gasteiger partial charge in [-0.3, -0.25) is 4.79 Å². The highest BCUT2D eigenvalue weighted by molar-refractivity contribution is 5.86. The minimum Gasteiger partial charge on any atom is -0.483 e. The lowest BCUT2D eigenvalue weighted by Gasteiger charge is -2.28. The van der Waals surface area contributed by atoms with E-state index < -0.39 is 0 Å². The molecule has 1 aliphatic heterocycles. The van der Waals surface area contributed by atoms with Gasteiger partial charge >= 0.3 is 0 Å². The van der Waals surface area contributed by atoms with Crippen LogP contribution in [0.3, 0.4) is 0 Å². The van der Waals surface area contributed by atoms with Crippen molar-refractivity contribution in [1.82, 2.24) is 9.88 Å². The first-order valence-electron chi connectivity index (χ1n) is 9.52. The molecule has 2 aromatic carbocycles. The van der Waals surface area contributed by atoms with E-state index in [9.17, 15) is 4.79 Å². The highest BCUT2D eigenvalue weighted by Gasteiger charge is 2.25. The molecule has 0 aliphatic carbocycles. The number of fused-ring (bicyclic) bond motifs is 3. The number of nitrogens with zero attached hydrogens (tertiary/aromatic N) is 1. The number of nitrogens with one attached hydrogen (secondary N) is 1. The van der Waals surface area contributed by atoms with Crippen LogP contribution in [-0.4, -0.2) is 28.9 Å². The summed E-state index contributed by atoms with van der Waals surface area (Å²) < 4.78 is 5.94. The van der Waals surface area contributed by atoms with E-state index in [-0.39, 0.29) is 17.9 Å². The maximum Gasteiger partial charge on any atom is 0.260 e. The summed E-state index contributed by atoms with van der Waals surface area (Å²) in [7, 11) is 0. The normalized spacial score (nSPS) is 14.3. The lowest BCUT2D eigenvalue weighted by molar-refractivity contribution is -0.134. The molecule has 2 heterocycles. The predicted octanol–water partition coefficient (Wildman–Crippen LogP) is 4.43. The van der Waals surface area contributed by atoms with Gasteiger partial charge in [0, 0.05) is 41.7 Å². The highest BCUT2D eigenvalue weighted by Crippen LogP contribution is 2.31. The molecule has 1 aliphatic rings. The molecule has 0 saturated heterocycles. The number of hydrogen-bond acceptors (Lipinski definition) is 2. The SMILES string of the molecule is CC(C)(C)c1ccccc1OCC(=O)N1CCc2[nH]c3ccccc3c2C1. The lowest BCUT2D eigenvalue weighted by atomic mass is 9.86. The monoisotopic (exact) mass is 362 g/mol. The van der Waals surface area contributed by atoms with Gasteiger partial charge in [0.1, 0.15) is 5.75 Å². The van der Waals surface area contributed by atoms with Crippen molar-refractivity contribution in [3.63, 3.8) is 0 Å². The second-order valence-electron chi connectivity index (χ2n) is 8.23. The minimum atomic E-state index is -0.0241. The number of aromatic nitrogens is 1. The van der Waals surface area contributed by atoms with Crippen LogP contribution in [0.4, 0.5) is 0 Å². The average molecular weight is 362 g/mol. The van der Waals surface area contributed by atoms with Gasteiger partial charge in [-0.25, -0.2) is 0 Å². The van der Waals surface area contributed by atoms with Crippen LogP contribution < -0.4 is 4.74 Å². The first-order chi connectivity index (χ1) is 12.9. The van der Waals surface area contributed by atoms with Crippen LogP contribution in [0.2, 0.25) is 0 Å². The molecule has 140 valence electrons. The van der Waals surface area contributed by atoms with E-state index in [1.165, 1.54) is 16.6 Å². The molecule has 4 nitrogen and oxygen atoms in total. The number of H-pyrrole nitrogens is 1. The van der Waals surface area contributed by atoms with Gasteiger partial charge in [0.05, 0.1) is 0 Å². The molecule has 1 aromatic heterocycles. The highest BCUT2D eigenvalue weighted by atomic mass is 16.5. The predicted molar refractivity (Wildman–Crippen MR) is 108 cm³/mol. The fourth-order valence-corrected chi connectivity index (χ4v) is 3.82. The summed E-state index contributed by atoms with van der Waals surface area (Å²) in [4.78, 5) is 18.2. The molecule has 1 N–H and O–H groups in total. The van der Waals surface area contributed by atoms with Gasteiger partial charge in [-0.1, -0.05) is 57.2 Å². The fourth-order valence-electron chi connectivity index (χ4n) is 3.82. The third-order valence-electron chi connectivity index (χ3n) is 5.28. The fraction of sp³-hybridized carbons (Fsp3) is 0.348. The third-order valence-corrected chi connectivity index (χ3v) is 5.28. The Hall–Kier alpha value is -2.75. The standard InChI is InChI=1S/C23H26N2O2/c1-23(2,3)18-9-5-7-11-21(18)27-15-22(26)25-13-12-20-17(14-25)16-8-4-6-10-19(16)24-20/h4-11,24H,12-15H2,1-3H3. The second kappa shape index (κ2) is 6.76. The Balaban J connectivity index is 1.48. The zero-order chi connectivity index (χ0) is 19.0. The smallest absolute Gasteiger partial charge is 0.260 e. The zero-order valence-electron chi connectivity index (χ0n) is 16.2. The van der Waals surface area contributed by atoms with Crippen molar-refractivity contribution in [2.45, 2.75) is 39.2 Å².